The molecule has 0 aliphatic heterocycles. The molecule has 0 saturated carbocycles. The standard InChI is InChI=1S/C19H23N5OS.ClH/c1-19(2,12-20)13-23(3)18(25)16-21-17(15-10-7-11-26-15)24(22-16)14-8-5-4-6-9-14;/h4-11H,12-13,20H2,1-3H3;1H. The van der Waals surface area contributed by atoms with Crippen LogP contribution < -0.4 is 5.73 Å². The smallest absolute Gasteiger partial charge is 0.293 e. The van der Waals surface area contributed by atoms with Gasteiger partial charge in [0.25, 0.3) is 5.91 Å². The third-order valence-electron chi connectivity index (χ3n) is 4.11. The molecular formula is C19H24ClN5OS. The second-order valence-electron chi connectivity index (χ2n) is 7.01. The number of thiophene rings is 1. The number of rotatable bonds is 6. The van der Waals surface area contributed by atoms with Crippen molar-refractivity contribution in [1.82, 2.24) is 19.7 Å². The van der Waals surface area contributed by atoms with Crippen LogP contribution in [0.3, 0.4) is 0 Å². The quantitative estimate of drug-likeness (QED) is 0.681. The Bertz CT molecular complexity index is 877. The van der Waals surface area contributed by atoms with Gasteiger partial charge in [-0.2, -0.15) is 0 Å². The minimum atomic E-state index is -0.209. The average molecular weight is 406 g/mol. The molecule has 144 valence electrons. The molecule has 0 aliphatic carbocycles. The summed E-state index contributed by atoms with van der Waals surface area (Å²) in [7, 11) is 1.76. The van der Waals surface area contributed by atoms with Crippen molar-refractivity contribution in [3.05, 3.63) is 53.7 Å². The van der Waals surface area contributed by atoms with Crippen LogP contribution in [0.1, 0.15) is 24.5 Å². The zero-order chi connectivity index (χ0) is 18.7. The Morgan fingerprint density at radius 3 is 2.52 bits per heavy atom. The van der Waals surface area contributed by atoms with E-state index in [1.54, 1.807) is 28.0 Å². The molecule has 6 nitrogen and oxygen atoms in total. The molecule has 0 fully saturated rings. The van der Waals surface area contributed by atoms with E-state index in [0.717, 1.165) is 10.6 Å². The second kappa shape index (κ2) is 8.65. The maximum Gasteiger partial charge on any atom is 0.293 e. The van der Waals surface area contributed by atoms with Gasteiger partial charge in [-0.1, -0.05) is 38.1 Å². The van der Waals surface area contributed by atoms with Crippen LogP contribution in [-0.2, 0) is 0 Å². The van der Waals surface area contributed by atoms with Gasteiger partial charge in [0.15, 0.2) is 5.82 Å². The molecule has 0 saturated heterocycles. The van der Waals surface area contributed by atoms with Gasteiger partial charge in [0, 0.05) is 13.6 Å². The van der Waals surface area contributed by atoms with Crippen molar-refractivity contribution in [3.8, 4) is 16.4 Å². The Kier molecular flexibility index (Phi) is 6.75. The molecule has 2 heterocycles. The van der Waals surface area contributed by atoms with Crippen molar-refractivity contribution in [2.24, 2.45) is 11.1 Å². The minimum absolute atomic E-state index is 0. The first-order valence-corrected chi connectivity index (χ1v) is 9.31. The number of hydrogen-bond acceptors (Lipinski definition) is 5. The lowest BCUT2D eigenvalue weighted by molar-refractivity contribution is 0.0728. The molecule has 0 radical (unpaired) electrons. The van der Waals surface area contributed by atoms with Crippen LogP contribution in [-0.4, -0.2) is 45.7 Å². The van der Waals surface area contributed by atoms with E-state index in [1.165, 1.54) is 0 Å². The van der Waals surface area contributed by atoms with Gasteiger partial charge in [0.2, 0.25) is 5.82 Å². The number of halogens is 1. The van der Waals surface area contributed by atoms with E-state index < -0.39 is 0 Å². The van der Waals surface area contributed by atoms with Gasteiger partial charge in [0.05, 0.1) is 10.6 Å². The fourth-order valence-electron chi connectivity index (χ4n) is 2.67. The predicted molar refractivity (Wildman–Crippen MR) is 112 cm³/mol. The van der Waals surface area contributed by atoms with E-state index in [-0.39, 0.29) is 29.6 Å². The Hall–Kier alpha value is -2.22. The summed E-state index contributed by atoms with van der Waals surface area (Å²) in [5.41, 5.74) is 6.49. The van der Waals surface area contributed by atoms with Crippen molar-refractivity contribution >= 4 is 29.7 Å². The van der Waals surface area contributed by atoms with Crippen LogP contribution in [0.25, 0.3) is 16.4 Å². The van der Waals surface area contributed by atoms with Crippen LogP contribution in [0, 0.1) is 5.41 Å². The number of nitrogens with two attached hydrogens (primary N) is 1. The largest absolute Gasteiger partial charge is 0.338 e. The third-order valence-corrected chi connectivity index (χ3v) is 4.97. The Labute approximate surface area is 169 Å². The molecule has 3 rings (SSSR count). The highest BCUT2D eigenvalue weighted by atomic mass is 35.5. The van der Waals surface area contributed by atoms with E-state index in [0.29, 0.717) is 18.9 Å². The first-order valence-electron chi connectivity index (χ1n) is 8.43. The molecule has 2 N–H and O–H groups in total. The SMILES string of the molecule is CN(CC(C)(C)CN)C(=O)c1nc(-c2cccs2)n(-c2ccccc2)n1.Cl. The zero-order valence-electron chi connectivity index (χ0n) is 15.6. The minimum Gasteiger partial charge on any atom is -0.338 e. The molecule has 1 amide bonds. The summed E-state index contributed by atoms with van der Waals surface area (Å²) in [6.45, 7) is 5.10. The molecular weight excluding hydrogens is 382 g/mol. The molecule has 0 atom stereocenters. The number of amides is 1. The number of para-hydroxylation sites is 1. The van der Waals surface area contributed by atoms with E-state index in [4.69, 9.17) is 5.73 Å². The maximum atomic E-state index is 12.9. The summed E-state index contributed by atoms with van der Waals surface area (Å²) in [5.74, 6) is 0.646. The van der Waals surface area contributed by atoms with E-state index >= 15 is 0 Å². The highest BCUT2D eigenvalue weighted by molar-refractivity contribution is 7.13. The molecule has 8 heteroatoms. The zero-order valence-corrected chi connectivity index (χ0v) is 17.3. The van der Waals surface area contributed by atoms with Crippen molar-refractivity contribution in [2.45, 2.75) is 13.8 Å². The topological polar surface area (TPSA) is 77.0 Å². The molecule has 2 aromatic heterocycles. The summed E-state index contributed by atoms with van der Waals surface area (Å²) >= 11 is 1.57. The number of benzene rings is 1. The molecule has 27 heavy (non-hydrogen) atoms. The lowest BCUT2D eigenvalue weighted by Gasteiger charge is -2.28. The lowest BCUT2D eigenvalue weighted by Crippen LogP contribution is -2.40. The summed E-state index contributed by atoms with van der Waals surface area (Å²) in [5, 5.41) is 6.49. The van der Waals surface area contributed by atoms with Gasteiger partial charge < -0.3 is 10.6 Å². The summed E-state index contributed by atoms with van der Waals surface area (Å²) in [6, 6.07) is 13.6. The van der Waals surface area contributed by atoms with E-state index in [9.17, 15) is 4.79 Å². The number of carbonyl (C=O) groups excluding carboxylic acids is 1. The average Bonchev–Trinajstić information content (AvgIpc) is 3.31. The molecule has 0 spiro atoms. The number of aromatic nitrogens is 3. The monoisotopic (exact) mass is 405 g/mol. The Balaban J connectivity index is 0.00000261. The van der Waals surface area contributed by atoms with Crippen LogP contribution in [0.5, 0.6) is 0 Å². The Morgan fingerprint density at radius 1 is 1.22 bits per heavy atom. The van der Waals surface area contributed by atoms with Crippen LogP contribution in [0.2, 0.25) is 0 Å². The van der Waals surface area contributed by atoms with Crippen LogP contribution >= 0.6 is 23.7 Å². The van der Waals surface area contributed by atoms with Gasteiger partial charge in [0.1, 0.15) is 0 Å². The van der Waals surface area contributed by atoms with Gasteiger partial charge in [-0.3, -0.25) is 4.79 Å². The number of carbonyl (C=O) groups is 1. The highest BCUT2D eigenvalue weighted by Gasteiger charge is 2.26. The second-order valence-corrected chi connectivity index (χ2v) is 7.96. The summed E-state index contributed by atoms with van der Waals surface area (Å²) in [6.07, 6.45) is 0. The van der Waals surface area contributed by atoms with Crippen molar-refractivity contribution in [3.63, 3.8) is 0 Å². The summed E-state index contributed by atoms with van der Waals surface area (Å²) < 4.78 is 1.72. The molecule has 1 aromatic carbocycles. The maximum absolute atomic E-state index is 12.9. The first kappa shape index (κ1) is 21.1. The highest BCUT2D eigenvalue weighted by Crippen LogP contribution is 2.26. The predicted octanol–water partition coefficient (Wildman–Crippen LogP) is 3.47. The van der Waals surface area contributed by atoms with Crippen molar-refractivity contribution < 1.29 is 4.79 Å². The summed E-state index contributed by atoms with van der Waals surface area (Å²) in [4.78, 5) is 20.0. The lowest BCUT2D eigenvalue weighted by atomic mass is 9.93. The molecule has 0 unspecified atom stereocenters. The molecule has 3 aromatic rings. The van der Waals surface area contributed by atoms with Gasteiger partial charge in [-0.25, -0.2) is 9.67 Å². The fourth-order valence-corrected chi connectivity index (χ4v) is 3.36. The third kappa shape index (κ3) is 4.74. The molecule has 0 bridgehead atoms. The van der Waals surface area contributed by atoms with Crippen LogP contribution in [0.15, 0.2) is 47.8 Å². The van der Waals surface area contributed by atoms with Crippen molar-refractivity contribution in [2.75, 3.05) is 20.1 Å². The van der Waals surface area contributed by atoms with Crippen molar-refractivity contribution in [1.29, 1.82) is 0 Å². The van der Waals surface area contributed by atoms with Gasteiger partial charge >= 0.3 is 0 Å². The first-order chi connectivity index (χ1) is 12.4. The Morgan fingerprint density at radius 2 is 1.93 bits per heavy atom. The van der Waals surface area contributed by atoms with E-state index in [2.05, 4.69) is 10.1 Å². The van der Waals surface area contributed by atoms with E-state index in [1.807, 2.05) is 61.7 Å². The number of hydrogen-bond donors (Lipinski definition) is 1. The van der Waals surface area contributed by atoms with Crippen LogP contribution in [0.4, 0.5) is 0 Å². The number of nitrogens with zero attached hydrogens (tertiary/aromatic N) is 4. The molecule has 0 aliphatic rings. The van der Waals surface area contributed by atoms with Gasteiger partial charge in [-0.05, 0) is 35.5 Å². The fraction of sp³-hybridized carbons (Fsp3) is 0.316. The normalized spacial score (nSPS) is 11.1. The van der Waals surface area contributed by atoms with Gasteiger partial charge in [-0.15, -0.1) is 28.8 Å².